The highest BCUT2D eigenvalue weighted by Crippen LogP contribution is 2.36. The fraction of sp³-hybridized carbons (Fsp3) is 0.517. The number of unbranched alkanes of at least 4 members (excludes halogenated alkanes) is 7. The van der Waals surface area contributed by atoms with Crippen LogP contribution in [0, 0.1) is 0 Å². The van der Waals surface area contributed by atoms with Crippen molar-refractivity contribution in [3.8, 4) is 11.5 Å². The van der Waals surface area contributed by atoms with Crippen molar-refractivity contribution in [2.45, 2.75) is 89.8 Å². The van der Waals surface area contributed by atoms with Gasteiger partial charge in [0.1, 0.15) is 19.3 Å². The van der Waals surface area contributed by atoms with Gasteiger partial charge in [-0.3, -0.25) is 9.59 Å². The van der Waals surface area contributed by atoms with Crippen molar-refractivity contribution >= 4 is 19.4 Å². The fourth-order valence-electron chi connectivity index (χ4n) is 4.72. The van der Waals surface area contributed by atoms with Gasteiger partial charge in [0, 0.05) is 22.3 Å². The SMILES string of the molecule is BC(CC)(CC)CCCCCCCCCCOc1ccc2c(c1)C(=O)c1ccc(O)cc1C2=O. The summed E-state index contributed by atoms with van der Waals surface area (Å²) in [5.41, 5.74) is 1.33. The van der Waals surface area contributed by atoms with Gasteiger partial charge < -0.3 is 9.84 Å². The Morgan fingerprint density at radius 1 is 0.735 bits per heavy atom. The summed E-state index contributed by atoms with van der Waals surface area (Å²) in [4.78, 5) is 25.6. The standard InChI is InChI=1S/C29H39BO4/c1-3-29(30,4-2)17-11-9-7-5-6-8-10-12-18-34-22-14-16-24-26(20-22)28(33)23-15-13-21(31)19-25(23)27(24)32/h13-16,19-20,31H,3-12,17-18,30H2,1-2H3. The second-order valence-corrected chi connectivity index (χ2v) is 10.0. The summed E-state index contributed by atoms with van der Waals surface area (Å²) in [6.45, 7) is 5.23. The lowest BCUT2D eigenvalue weighted by molar-refractivity contribution is 0.0978. The fourth-order valence-corrected chi connectivity index (χ4v) is 4.72. The first-order chi connectivity index (χ1) is 16.4. The summed E-state index contributed by atoms with van der Waals surface area (Å²) in [7, 11) is 2.42. The zero-order valence-corrected chi connectivity index (χ0v) is 21.1. The smallest absolute Gasteiger partial charge is 0.194 e. The maximum Gasteiger partial charge on any atom is 0.194 e. The Hall–Kier alpha value is -2.56. The number of carbonyl (C=O) groups excluding carboxylic acids is 2. The lowest BCUT2D eigenvalue weighted by Crippen LogP contribution is -2.20. The molecule has 1 N–H and O–H groups in total. The summed E-state index contributed by atoms with van der Waals surface area (Å²) in [5, 5.41) is 10.2. The first-order valence-electron chi connectivity index (χ1n) is 13.1. The van der Waals surface area contributed by atoms with E-state index < -0.39 is 0 Å². The number of hydrogen-bond donors (Lipinski definition) is 1. The third kappa shape index (κ3) is 6.52. The van der Waals surface area contributed by atoms with Crippen LogP contribution in [-0.2, 0) is 0 Å². The lowest BCUT2D eigenvalue weighted by Gasteiger charge is -2.26. The molecule has 2 aromatic rings. The van der Waals surface area contributed by atoms with Crippen molar-refractivity contribution in [1.29, 1.82) is 0 Å². The first kappa shape index (κ1) is 26.1. The van der Waals surface area contributed by atoms with E-state index in [0.29, 0.717) is 34.4 Å². The third-order valence-electron chi connectivity index (χ3n) is 7.62. The highest BCUT2D eigenvalue weighted by atomic mass is 16.5. The molecule has 0 radical (unpaired) electrons. The van der Waals surface area contributed by atoms with Gasteiger partial charge in [-0.2, -0.15) is 0 Å². The van der Waals surface area contributed by atoms with E-state index >= 15 is 0 Å². The number of rotatable bonds is 14. The number of phenols is 1. The molecule has 0 unspecified atom stereocenters. The number of phenolic OH excluding ortho intramolecular Hbond substituents is 1. The van der Waals surface area contributed by atoms with Gasteiger partial charge in [0.15, 0.2) is 11.6 Å². The molecule has 0 saturated heterocycles. The maximum absolute atomic E-state index is 12.8. The first-order valence-corrected chi connectivity index (χ1v) is 13.1. The average molecular weight is 462 g/mol. The molecule has 0 aromatic heterocycles. The van der Waals surface area contributed by atoms with Crippen LogP contribution in [0.5, 0.6) is 11.5 Å². The van der Waals surface area contributed by atoms with Crippen molar-refractivity contribution < 1.29 is 19.4 Å². The summed E-state index contributed by atoms with van der Waals surface area (Å²) >= 11 is 0. The number of benzene rings is 2. The van der Waals surface area contributed by atoms with Gasteiger partial charge in [-0.05, 0) is 42.8 Å². The van der Waals surface area contributed by atoms with E-state index in [0.717, 1.165) is 12.8 Å². The summed E-state index contributed by atoms with van der Waals surface area (Å²) in [5.74, 6) is 0.156. The number of aromatic hydroxyl groups is 1. The van der Waals surface area contributed by atoms with Crippen molar-refractivity contribution in [2.24, 2.45) is 0 Å². The normalized spacial score (nSPS) is 13.0. The molecule has 34 heavy (non-hydrogen) atoms. The van der Waals surface area contributed by atoms with E-state index in [9.17, 15) is 14.7 Å². The van der Waals surface area contributed by atoms with Crippen LogP contribution in [0.1, 0.15) is 116 Å². The predicted molar refractivity (Wildman–Crippen MR) is 140 cm³/mol. The predicted octanol–water partition coefficient (Wildman–Crippen LogP) is 6.67. The molecule has 0 aliphatic heterocycles. The van der Waals surface area contributed by atoms with Crippen LogP contribution in [0.25, 0.3) is 0 Å². The molecule has 1 aliphatic rings. The molecule has 3 rings (SSSR count). The van der Waals surface area contributed by atoms with Crippen LogP contribution in [0.2, 0.25) is 5.31 Å². The van der Waals surface area contributed by atoms with Gasteiger partial charge in [0.2, 0.25) is 0 Å². The Morgan fingerprint density at radius 3 is 1.88 bits per heavy atom. The van der Waals surface area contributed by atoms with Crippen molar-refractivity contribution in [3.05, 3.63) is 58.7 Å². The summed E-state index contributed by atoms with van der Waals surface area (Å²) in [6.07, 6.45) is 13.9. The summed E-state index contributed by atoms with van der Waals surface area (Å²) < 4.78 is 5.87. The van der Waals surface area contributed by atoms with Crippen LogP contribution in [0.15, 0.2) is 36.4 Å². The summed E-state index contributed by atoms with van der Waals surface area (Å²) in [6, 6.07) is 9.38. The van der Waals surface area contributed by atoms with E-state index in [2.05, 4.69) is 21.7 Å². The minimum atomic E-state index is -0.239. The molecule has 0 bridgehead atoms. The van der Waals surface area contributed by atoms with Crippen LogP contribution >= 0.6 is 0 Å². The molecular weight excluding hydrogens is 423 g/mol. The topological polar surface area (TPSA) is 63.6 Å². The molecule has 0 spiro atoms. The maximum atomic E-state index is 12.8. The Labute approximate surface area is 205 Å². The van der Waals surface area contributed by atoms with Gasteiger partial charge >= 0.3 is 0 Å². The molecule has 2 aromatic carbocycles. The number of fused-ring (bicyclic) bond motifs is 2. The second-order valence-electron chi connectivity index (χ2n) is 10.0. The molecule has 0 atom stereocenters. The van der Waals surface area contributed by atoms with Gasteiger partial charge in [0.05, 0.1) is 6.61 Å². The van der Waals surface area contributed by atoms with Crippen LogP contribution in [0.4, 0.5) is 0 Å². The number of ketones is 2. The van der Waals surface area contributed by atoms with E-state index in [1.54, 1.807) is 18.2 Å². The molecule has 182 valence electrons. The minimum absolute atomic E-state index is 0.0187. The molecule has 0 amide bonds. The van der Waals surface area contributed by atoms with Crippen molar-refractivity contribution in [2.75, 3.05) is 6.61 Å². The van der Waals surface area contributed by atoms with Gasteiger partial charge in [-0.25, -0.2) is 0 Å². The Morgan fingerprint density at radius 2 is 1.26 bits per heavy atom. The van der Waals surface area contributed by atoms with Crippen LogP contribution in [-0.4, -0.2) is 31.1 Å². The molecule has 0 heterocycles. The monoisotopic (exact) mass is 462 g/mol. The van der Waals surface area contributed by atoms with E-state index in [1.807, 2.05) is 0 Å². The Kier molecular flexibility index (Phi) is 9.38. The van der Waals surface area contributed by atoms with E-state index in [4.69, 9.17) is 4.74 Å². The largest absolute Gasteiger partial charge is 0.508 e. The molecule has 5 heteroatoms. The average Bonchev–Trinajstić information content (AvgIpc) is 2.85. The molecule has 0 saturated carbocycles. The number of ether oxygens (including phenoxy) is 1. The number of carbonyl (C=O) groups is 2. The van der Waals surface area contributed by atoms with Crippen LogP contribution < -0.4 is 4.74 Å². The molecular formula is C29H39BO4. The van der Waals surface area contributed by atoms with Crippen LogP contribution in [0.3, 0.4) is 0 Å². The number of hydrogen-bond acceptors (Lipinski definition) is 4. The van der Waals surface area contributed by atoms with E-state index in [-0.39, 0.29) is 22.9 Å². The van der Waals surface area contributed by atoms with E-state index in [1.165, 1.54) is 76.0 Å². The van der Waals surface area contributed by atoms with Gasteiger partial charge in [-0.1, -0.05) is 83.4 Å². The zero-order valence-electron chi connectivity index (χ0n) is 21.1. The Bertz CT molecular complexity index is 994. The quantitative estimate of drug-likeness (QED) is 0.215. The highest BCUT2D eigenvalue weighted by Gasteiger charge is 2.30. The Balaban J connectivity index is 1.34. The van der Waals surface area contributed by atoms with Gasteiger partial charge in [-0.15, -0.1) is 0 Å². The highest BCUT2D eigenvalue weighted by molar-refractivity contribution is 6.28. The molecule has 1 aliphatic carbocycles. The second kappa shape index (κ2) is 12.2. The van der Waals surface area contributed by atoms with Gasteiger partial charge in [0.25, 0.3) is 0 Å². The van der Waals surface area contributed by atoms with Crippen molar-refractivity contribution in [3.63, 3.8) is 0 Å². The lowest BCUT2D eigenvalue weighted by atomic mass is 9.62. The molecule has 0 fully saturated rings. The minimum Gasteiger partial charge on any atom is -0.508 e. The third-order valence-corrected chi connectivity index (χ3v) is 7.62. The molecule has 4 nitrogen and oxygen atoms in total. The van der Waals surface area contributed by atoms with Crippen molar-refractivity contribution in [1.82, 2.24) is 0 Å². The zero-order chi connectivity index (χ0) is 24.6.